The Bertz CT molecular complexity index is 328. The molecule has 1 aliphatic rings. The first-order valence-electron chi connectivity index (χ1n) is 6.66. The van der Waals surface area contributed by atoms with Crippen LogP contribution in [0.2, 0.25) is 0 Å². The van der Waals surface area contributed by atoms with Crippen LogP contribution in [0.1, 0.15) is 45.3 Å². The molecule has 0 aromatic carbocycles. The minimum atomic E-state index is -0.0794. The number of nitrogens with zero attached hydrogens (tertiary/aromatic N) is 1. The fraction of sp³-hybridized carbons (Fsp3) is 0.714. The maximum Gasteiger partial charge on any atom is 0.117 e. The second-order valence-electron chi connectivity index (χ2n) is 5.62. The molecule has 1 aromatic rings. The van der Waals surface area contributed by atoms with E-state index in [1.54, 1.807) is 6.26 Å². The molecule has 3 heteroatoms. The highest BCUT2D eigenvalue weighted by Gasteiger charge is 2.33. The summed E-state index contributed by atoms with van der Waals surface area (Å²) in [7, 11) is 0. The van der Waals surface area contributed by atoms with Crippen LogP contribution in [-0.2, 0) is 6.54 Å². The van der Waals surface area contributed by atoms with Crippen molar-refractivity contribution in [2.75, 3.05) is 6.54 Å². The highest BCUT2D eigenvalue weighted by molar-refractivity contribution is 5.01. The molecule has 1 aromatic heterocycles. The van der Waals surface area contributed by atoms with Crippen molar-refractivity contribution in [2.45, 2.75) is 57.7 Å². The molecule has 96 valence electrons. The maximum atomic E-state index is 6.35. The lowest BCUT2D eigenvalue weighted by Crippen LogP contribution is -2.48. The number of furan rings is 1. The molecular formula is C14H24N2O. The van der Waals surface area contributed by atoms with Gasteiger partial charge in [0.25, 0.3) is 0 Å². The molecule has 17 heavy (non-hydrogen) atoms. The molecule has 0 spiro atoms. The van der Waals surface area contributed by atoms with Gasteiger partial charge in [0.2, 0.25) is 0 Å². The summed E-state index contributed by atoms with van der Waals surface area (Å²) in [6, 6.07) is 4.72. The highest BCUT2D eigenvalue weighted by Crippen LogP contribution is 2.30. The van der Waals surface area contributed by atoms with Gasteiger partial charge in [0, 0.05) is 18.1 Å². The van der Waals surface area contributed by atoms with E-state index in [1.807, 2.05) is 12.1 Å². The van der Waals surface area contributed by atoms with Crippen molar-refractivity contribution in [2.24, 2.45) is 5.73 Å². The quantitative estimate of drug-likeness (QED) is 0.791. The summed E-state index contributed by atoms with van der Waals surface area (Å²) in [6.45, 7) is 6.22. The van der Waals surface area contributed by atoms with Crippen LogP contribution in [-0.4, -0.2) is 23.0 Å². The van der Waals surface area contributed by atoms with E-state index in [2.05, 4.69) is 18.7 Å². The Morgan fingerprint density at radius 3 is 2.82 bits per heavy atom. The standard InChI is InChI=1S/C14H24N2O/c1-3-8-14(2,15)11-16(12-6-7-12)10-13-5-4-9-17-13/h4-5,9,12H,3,6-8,10-11,15H2,1-2H3. The van der Waals surface area contributed by atoms with Crippen molar-refractivity contribution in [3.8, 4) is 0 Å². The van der Waals surface area contributed by atoms with Crippen LogP contribution >= 0.6 is 0 Å². The topological polar surface area (TPSA) is 42.4 Å². The van der Waals surface area contributed by atoms with Crippen LogP contribution < -0.4 is 5.73 Å². The predicted octanol–water partition coefficient (Wildman–Crippen LogP) is 2.76. The van der Waals surface area contributed by atoms with Crippen LogP contribution in [0.5, 0.6) is 0 Å². The smallest absolute Gasteiger partial charge is 0.117 e. The molecule has 1 unspecified atom stereocenters. The Labute approximate surface area is 104 Å². The van der Waals surface area contributed by atoms with Crippen molar-refractivity contribution in [1.29, 1.82) is 0 Å². The first kappa shape index (κ1) is 12.7. The molecule has 0 radical (unpaired) electrons. The van der Waals surface area contributed by atoms with Crippen molar-refractivity contribution in [3.05, 3.63) is 24.2 Å². The first-order chi connectivity index (χ1) is 8.11. The molecule has 2 rings (SSSR count). The van der Waals surface area contributed by atoms with E-state index in [-0.39, 0.29) is 5.54 Å². The van der Waals surface area contributed by atoms with E-state index in [1.165, 1.54) is 12.8 Å². The Morgan fingerprint density at radius 1 is 1.53 bits per heavy atom. The lowest BCUT2D eigenvalue weighted by Gasteiger charge is -2.32. The van der Waals surface area contributed by atoms with Gasteiger partial charge >= 0.3 is 0 Å². The van der Waals surface area contributed by atoms with Crippen LogP contribution in [0.15, 0.2) is 22.8 Å². The molecule has 2 N–H and O–H groups in total. The van der Waals surface area contributed by atoms with Crippen molar-refractivity contribution in [1.82, 2.24) is 4.90 Å². The average Bonchev–Trinajstić information content (AvgIpc) is 2.97. The van der Waals surface area contributed by atoms with E-state index in [0.29, 0.717) is 0 Å². The third kappa shape index (κ3) is 3.86. The maximum absolute atomic E-state index is 6.35. The van der Waals surface area contributed by atoms with Crippen LogP contribution in [0.3, 0.4) is 0 Å². The van der Waals surface area contributed by atoms with Gasteiger partial charge in [-0.3, -0.25) is 4.90 Å². The lowest BCUT2D eigenvalue weighted by molar-refractivity contribution is 0.180. The predicted molar refractivity (Wildman–Crippen MR) is 69.6 cm³/mol. The van der Waals surface area contributed by atoms with Gasteiger partial charge in [-0.25, -0.2) is 0 Å². The highest BCUT2D eigenvalue weighted by atomic mass is 16.3. The van der Waals surface area contributed by atoms with Gasteiger partial charge in [-0.05, 0) is 38.3 Å². The minimum Gasteiger partial charge on any atom is -0.468 e. The fourth-order valence-corrected chi connectivity index (χ4v) is 2.47. The molecule has 0 bridgehead atoms. The molecule has 1 saturated carbocycles. The first-order valence-corrected chi connectivity index (χ1v) is 6.66. The second kappa shape index (κ2) is 5.23. The van der Waals surface area contributed by atoms with E-state index >= 15 is 0 Å². The molecular weight excluding hydrogens is 212 g/mol. The summed E-state index contributed by atoms with van der Waals surface area (Å²) < 4.78 is 5.43. The minimum absolute atomic E-state index is 0.0794. The molecule has 0 aliphatic heterocycles. The van der Waals surface area contributed by atoms with Gasteiger partial charge in [0.05, 0.1) is 12.8 Å². The number of hydrogen-bond donors (Lipinski definition) is 1. The van der Waals surface area contributed by atoms with E-state index in [0.717, 1.165) is 37.7 Å². The zero-order valence-electron chi connectivity index (χ0n) is 11.0. The van der Waals surface area contributed by atoms with Gasteiger partial charge in [-0.1, -0.05) is 13.3 Å². The lowest BCUT2D eigenvalue weighted by atomic mass is 9.96. The van der Waals surface area contributed by atoms with Gasteiger partial charge in [0.15, 0.2) is 0 Å². The zero-order chi connectivity index (χ0) is 12.3. The summed E-state index contributed by atoms with van der Waals surface area (Å²) in [5.74, 6) is 1.05. The molecule has 0 saturated heterocycles. The summed E-state index contributed by atoms with van der Waals surface area (Å²) in [5, 5.41) is 0. The zero-order valence-corrected chi connectivity index (χ0v) is 11.0. The number of rotatable bonds is 7. The number of hydrogen-bond acceptors (Lipinski definition) is 3. The second-order valence-corrected chi connectivity index (χ2v) is 5.62. The van der Waals surface area contributed by atoms with Gasteiger partial charge in [-0.2, -0.15) is 0 Å². The summed E-state index contributed by atoms with van der Waals surface area (Å²) >= 11 is 0. The van der Waals surface area contributed by atoms with Gasteiger partial charge in [-0.15, -0.1) is 0 Å². The normalized spacial score (nSPS) is 19.5. The van der Waals surface area contributed by atoms with Crippen LogP contribution in [0.25, 0.3) is 0 Å². The molecule has 3 nitrogen and oxygen atoms in total. The van der Waals surface area contributed by atoms with E-state index in [9.17, 15) is 0 Å². The van der Waals surface area contributed by atoms with Crippen molar-refractivity contribution < 1.29 is 4.42 Å². The molecule has 1 atom stereocenters. The third-order valence-corrected chi connectivity index (χ3v) is 3.39. The largest absolute Gasteiger partial charge is 0.468 e. The van der Waals surface area contributed by atoms with Crippen LogP contribution in [0, 0.1) is 0 Å². The molecule has 1 fully saturated rings. The Hall–Kier alpha value is -0.800. The SMILES string of the molecule is CCCC(C)(N)CN(Cc1ccco1)C1CC1. The Morgan fingerprint density at radius 2 is 2.29 bits per heavy atom. The summed E-state index contributed by atoms with van der Waals surface area (Å²) in [5.41, 5.74) is 6.27. The van der Waals surface area contributed by atoms with Gasteiger partial charge < -0.3 is 10.2 Å². The fourth-order valence-electron chi connectivity index (χ4n) is 2.47. The van der Waals surface area contributed by atoms with Gasteiger partial charge in [0.1, 0.15) is 5.76 Å². The Balaban J connectivity index is 1.93. The monoisotopic (exact) mass is 236 g/mol. The Kier molecular flexibility index (Phi) is 3.89. The van der Waals surface area contributed by atoms with Crippen molar-refractivity contribution in [3.63, 3.8) is 0 Å². The van der Waals surface area contributed by atoms with Crippen LogP contribution in [0.4, 0.5) is 0 Å². The van der Waals surface area contributed by atoms with Crippen molar-refractivity contribution >= 4 is 0 Å². The summed E-state index contributed by atoms with van der Waals surface area (Å²) in [6.07, 6.45) is 6.58. The van der Waals surface area contributed by atoms with E-state index in [4.69, 9.17) is 10.2 Å². The third-order valence-electron chi connectivity index (χ3n) is 3.39. The molecule has 1 heterocycles. The average molecular weight is 236 g/mol. The summed E-state index contributed by atoms with van der Waals surface area (Å²) in [4.78, 5) is 2.48. The van der Waals surface area contributed by atoms with E-state index < -0.39 is 0 Å². The molecule has 0 amide bonds. The molecule has 1 aliphatic carbocycles. The number of nitrogens with two attached hydrogens (primary N) is 1.